The number of nitrogens with one attached hydrogen (secondary N) is 2. The molecule has 0 radical (unpaired) electrons. The second-order valence-electron chi connectivity index (χ2n) is 8.72. The van der Waals surface area contributed by atoms with E-state index in [4.69, 9.17) is 9.26 Å². The van der Waals surface area contributed by atoms with Crippen LogP contribution in [0.5, 0.6) is 5.75 Å². The van der Waals surface area contributed by atoms with Crippen molar-refractivity contribution < 1.29 is 18.8 Å². The first-order valence-electron chi connectivity index (χ1n) is 10.9. The van der Waals surface area contributed by atoms with Crippen molar-refractivity contribution in [1.29, 1.82) is 0 Å². The van der Waals surface area contributed by atoms with E-state index in [9.17, 15) is 9.59 Å². The molecular weight excluding hydrogens is 482 g/mol. The molecule has 2 aromatic carbocycles. The van der Waals surface area contributed by atoms with Gasteiger partial charge in [-0.05, 0) is 62.6 Å². The van der Waals surface area contributed by atoms with Gasteiger partial charge >= 0.3 is 0 Å². The molecule has 1 aliphatic heterocycles. The van der Waals surface area contributed by atoms with E-state index in [1.807, 2.05) is 30.7 Å². The summed E-state index contributed by atoms with van der Waals surface area (Å²) in [7, 11) is 1.63. The Morgan fingerprint density at radius 2 is 1.97 bits per heavy atom. The lowest BCUT2D eigenvalue weighted by molar-refractivity contribution is 0.101. The van der Waals surface area contributed by atoms with Gasteiger partial charge in [-0.1, -0.05) is 35.1 Å². The number of hydrogen-bond acceptors (Lipinski definition) is 8. The van der Waals surface area contributed by atoms with E-state index < -0.39 is 0 Å². The highest BCUT2D eigenvalue weighted by molar-refractivity contribution is 7.99. The summed E-state index contributed by atoms with van der Waals surface area (Å²) in [5.74, 6) is 0.227. The third-order valence-corrected chi connectivity index (χ3v) is 6.94. The number of amides is 1. The van der Waals surface area contributed by atoms with Crippen molar-refractivity contribution >= 4 is 46.6 Å². The van der Waals surface area contributed by atoms with Crippen molar-refractivity contribution in [3.05, 3.63) is 70.8 Å². The summed E-state index contributed by atoms with van der Waals surface area (Å²) in [4.78, 5) is 26.2. The van der Waals surface area contributed by atoms with Crippen LogP contribution in [0.3, 0.4) is 0 Å². The van der Waals surface area contributed by atoms with E-state index in [2.05, 4.69) is 29.6 Å². The Morgan fingerprint density at radius 3 is 2.69 bits per heavy atom. The summed E-state index contributed by atoms with van der Waals surface area (Å²) >= 11 is 2.65. The first kappa shape index (κ1) is 24.9. The number of ether oxygens (including phenoxy) is 1. The van der Waals surface area contributed by atoms with Gasteiger partial charge in [0.15, 0.2) is 10.8 Å². The Morgan fingerprint density at radius 1 is 1.17 bits per heavy atom. The Labute approximate surface area is 213 Å². The van der Waals surface area contributed by atoms with Gasteiger partial charge in [0, 0.05) is 34.1 Å². The van der Waals surface area contributed by atoms with Gasteiger partial charge in [-0.3, -0.25) is 9.59 Å². The van der Waals surface area contributed by atoms with Gasteiger partial charge in [-0.2, -0.15) is 0 Å². The first-order valence-corrected chi connectivity index (χ1v) is 13.4. The number of rotatable bonds is 7. The van der Waals surface area contributed by atoms with E-state index in [1.54, 1.807) is 37.5 Å². The molecular formula is C26H27N3O4S2. The molecule has 4 rings (SSSR count). The lowest BCUT2D eigenvalue weighted by Crippen LogP contribution is -2.43. The number of ketones is 1. The molecule has 0 unspecified atom stereocenters. The molecule has 0 atom stereocenters. The van der Waals surface area contributed by atoms with Crippen LogP contribution in [0.4, 0.5) is 5.69 Å². The molecule has 2 heterocycles. The number of nitrogens with zero attached hydrogens (tertiary/aromatic N) is 1. The van der Waals surface area contributed by atoms with Crippen LogP contribution in [0, 0.1) is 0 Å². The van der Waals surface area contributed by atoms with Gasteiger partial charge in [0.2, 0.25) is 5.09 Å². The lowest BCUT2D eigenvalue weighted by Gasteiger charge is -2.35. The van der Waals surface area contributed by atoms with Crippen LogP contribution in [0.15, 0.2) is 63.2 Å². The number of carbonyl (C=O) groups is 2. The smallest absolute Gasteiger partial charge is 0.263 e. The quantitative estimate of drug-likeness (QED) is 0.244. The second-order valence-corrected chi connectivity index (χ2v) is 10.3. The summed E-state index contributed by atoms with van der Waals surface area (Å²) in [5.41, 5.74) is 4.01. The number of allylic oxidation sites excluding steroid dienone is 1. The molecule has 7 nitrogen and oxygen atoms in total. The highest BCUT2D eigenvalue weighted by Gasteiger charge is 2.28. The zero-order chi connectivity index (χ0) is 25.2. The van der Waals surface area contributed by atoms with Crippen molar-refractivity contribution in [2.24, 2.45) is 0 Å². The molecule has 0 saturated carbocycles. The fourth-order valence-electron chi connectivity index (χ4n) is 4.04. The molecule has 0 spiro atoms. The van der Waals surface area contributed by atoms with Crippen LogP contribution in [0.2, 0.25) is 0 Å². The third kappa shape index (κ3) is 5.41. The monoisotopic (exact) mass is 509 g/mol. The molecule has 0 aliphatic carbocycles. The zero-order valence-corrected chi connectivity index (χ0v) is 21.9. The van der Waals surface area contributed by atoms with Gasteiger partial charge in [0.05, 0.1) is 7.11 Å². The molecule has 1 aromatic heterocycles. The molecule has 0 bridgehead atoms. The SMILES string of the molecule is COc1ccc2c(c1)/C(=C/C(=O)c1cccc(NC(=O)c3c(SC)noc3SC)c1)NC(C)(C)C2. The van der Waals surface area contributed by atoms with Crippen LogP contribution >= 0.6 is 23.5 Å². The third-order valence-electron chi connectivity index (χ3n) is 5.63. The van der Waals surface area contributed by atoms with Crippen LogP contribution in [-0.2, 0) is 6.42 Å². The Hall–Kier alpha value is -3.17. The maximum Gasteiger partial charge on any atom is 0.263 e. The Bertz CT molecular complexity index is 1290. The minimum absolute atomic E-state index is 0.172. The average Bonchev–Trinajstić information content (AvgIpc) is 3.27. The van der Waals surface area contributed by atoms with Crippen molar-refractivity contribution in [3.63, 3.8) is 0 Å². The van der Waals surface area contributed by atoms with Crippen LogP contribution in [0.1, 0.15) is 45.7 Å². The fraction of sp³-hybridized carbons (Fsp3) is 0.269. The van der Waals surface area contributed by atoms with Gasteiger partial charge in [0.1, 0.15) is 11.3 Å². The molecule has 1 aliphatic rings. The Balaban J connectivity index is 1.62. The minimum atomic E-state index is -0.334. The Kier molecular flexibility index (Phi) is 7.28. The largest absolute Gasteiger partial charge is 0.497 e. The van der Waals surface area contributed by atoms with E-state index in [-0.39, 0.29) is 17.2 Å². The van der Waals surface area contributed by atoms with Crippen molar-refractivity contribution in [1.82, 2.24) is 10.5 Å². The molecule has 9 heteroatoms. The van der Waals surface area contributed by atoms with E-state index in [0.29, 0.717) is 26.9 Å². The zero-order valence-electron chi connectivity index (χ0n) is 20.2. The maximum atomic E-state index is 13.3. The van der Waals surface area contributed by atoms with Gasteiger partial charge in [0.25, 0.3) is 5.91 Å². The predicted molar refractivity (Wildman–Crippen MR) is 141 cm³/mol. The van der Waals surface area contributed by atoms with Crippen LogP contribution in [-0.4, -0.2) is 42.0 Å². The highest BCUT2D eigenvalue weighted by Crippen LogP contribution is 2.33. The number of hydrogen-bond donors (Lipinski definition) is 2. The van der Waals surface area contributed by atoms with Gasteiger partial charge in [-0.25, -0.2) is 0 Å². The summed E-state index contributed by atoms with van der Waals surface area (Å²) in [5, 5.41) is 11.3. The summed E-state index contributed by atoms with van der Waals surface area (Å²) in [6, 6.07) is 12.8. The van der Waals surface area contributed by atoms with Crippen LogP contribution in [0.25, 0.3) is 5.70 Å². The number of methoxy groups -OCH3 is 1. The molecule has 3 aromatic rings. The number of fused-ring (bicyclic) bond motifs is 1. The normalized spacial score (nSPS) is 15.3. The molecule has 1 amide bonds. The standard InChI is InChI=1S/C26H27N3O4S2/c1-26(2)14-16-9-10-18(32-3)12-19(16)20(28-26)13-21(30)15-7-6-8-17(11-15)27-23(31)22-24(34-4)29-33-25(22)35-5/h6-13,28H,14H2,1-5H3,(H,27,31)/b20-13-. The van der Waals surface area contributed by atoms with Crippen LogP contribution < -0.4 is 15.4 Å². The lowest BCUT2D eigenvalue weighted by atomic mass is 9.85. The van der Waals surface area contributed by atoms with Gasteiger partial charge < -0.3 is 19.9 Å². The summed E-state index contributed by atoms with van der Waals surface area (Å²) in [6.07, 6.45) is 6.10. The van der Waals surface area contributed by atoms with Gasteiger partial charge in [-0.15, -0.1) is 11.8 Å². The molecule has 0 saturated heterocycles. The van der Waals surface area contributed by atoms with E-state index in [0.717, 1.165) is 29.0 Å². The summed E-state index contributed by atoms with van der Waals surface area (Å²) in [6.45, 7) is 4.20. The highest BCUT2D eigenvalue weighted by atomic mass is 32.2. The first-order chi connectivity index (χ1) is 16.7. The number of thioether (sulfide) groups is 2. The molecule has 0 fully saturated rings. The van der Waals surface area contributed by atoms with Crippen molar-refractivity contribution in [3.8, 4) is 5.75 Å². The minimum Gasteiger partial charge on any atom is -0.497 e. The molecule has 182 valence electrons. The predicted octanol–water partition coefficient (Wildman–Crippen LogP) is 5.53. The number of anilines is 1. The average molecular weight is 510 g/mol. The molecule has 35 heavy (non-hydrogen) atoms. The van der Waals surface area contributed by atoms with Crippen molar-refractivity contribution in [2.75, 3.05) is 24.9 Å². The topological polar surface area (TPSA) is 93.5 Å². The molecule has 2 N–H and O–H groups in total. The van der Waals surface area contributed by atoms with E-state index >= 15 is 0 Å². The summed E-state index contributed by atoms with van der Waals surface area (Å²) < 4.78 is 10.6. The van der Waals surface area contributed by atoms with E-state index in [1.165, 1.54) is 23.5 Å². The number of benzene rings is 2. The fourth-order valence-corrected chi connectivity index (χ4v) is 5.11. The second kappa shape index (κ2) is 10.2. The number of carbonyl (C=O) groups excluding carboxylic acids is 2. The maximum absolute atomic E-state index is 13.3. The van der Waals surface area contributed by atoms with Crippen molar-refractivity contribution in [2.45, 2.75) is 35.9 Å². The number of aromatic nitrogens is 1.